The number of benzene rings is 2. The predicted molar refractivity (Wildman–Crippen MR) is 115 cm³/mol. The molecule has 0 aliphatic rings. The number of rotatable bonds is 5. The van der Waals surface area contributed by atoms with Gasteiger partial charge in [-0.1, -0.05) is 32.0 Å². The van der Waals surface area contributed by atoms with Gasteiger partial charge in [0, 0.05) is 28.4 Å². The van der Waals surface area contributed by atoms with Gasteiger partial charge in [0.2, 0.25) is 0 Å². The number of aryl methyl sites for hydroxylation is 2. The maximum absolute atomic E-state index is 11.5. The van der Waals surface area contributed by atoms with Crippen LogP contribution in [0.4, 0.5) is 0 Å². The van der Waals surface area contributed by atoms with Crippen molar-refractivity contribution in [3.63, 3.8) is 0 Å². The lowest BCUT2D eigenvalue weighted by Crippen LogP contribution is -1.98. The minimum Gasteiger partial charge on any atom is -0.315 e. The monoisotopic (exact) mass is 368 g/mol. The molecule has 0 saturated carbocycles. The first kappa shape index (κ1) is 18.2. The number of ketones is 1. The van der Waals surface area contributed by atoms with E-state index in [1.807, 2.05) is 30.5 Å². The first-order chi connectivity index (χ1) is 13.6. The highest BCUT2D eigenvalue weighted by molar-refractivity contribution is 5.94. The van der Waals surface area contributed by atoms with Crippen molar-refractivity contribution in [3.05, 3.63) is 83.7 Å². The molecule has 3 nitrogen and oxygen atoms in total. The molecule has 28 heavy (non-hydrogen) atoms. The smallest absolute Gasteiger partial charge is 0.159 e. The fourth-order valence-corrected chi connectivity index (χ4v) is 3.82. The van der Waals surface area contributed by atoms with E-state index in [4.69, 9.17) is 4.98 Å². The van der Waals surface area contributed by atoms with E-state index in [-0.39, 0.29) is 5.78 Å². The van der Waals surface area contributed by atoms with Gasteiger partial charge in [-0.05, 0) is 67.3 Å². The molecule has 140 valence electrons. The number of pyridine rings is 1. The Morgan fingerprint density at radius 3 is 2.25 bits per heavy atom. The van der Waals surface area contributed by atoms with Gasteiger partial charge < -0.3 is 4.57 Å². The summed E-state index contributed by atoms with van der Waals surface area (Å²) in [6.45, 7) is 5.97. The number of aromatic nitrogens is 2. The largest absolute Gasteiger partial charge is 0.315 e. The van der Waals surface area contributed by atoms with Crippen LogP contribution < -0.4 is 0 Å². The summed E-state index contributed by atoms with van der Waals surface area (Å²) in [5, 5.41) is 1.16. The lowest BCUT2D eigenvalue weighted by molar-refractivity contribution is 0.101. The van der Waals surface area contributed by atoms with Crippen LogP contribution in [0.5, 0.6) is 0 Å². The number of hydrogen-bond donors (Lipinski definition) is 0. The summed E-state index contributed by atoms with van der Waals surface area (Å²) >= 11 is 0. The van der Waals surface area contributed by atoms with Crippen molar-refractivity contribution in [2.75, 3.05) is 0 Å². The predicted octanol–water partition coefficient (Wildman–Crippen LogP) is 6.02. The fourth-order valence-electron chi connectivity index (χ4n) is 3.82. The van der Waals surface area contributed by atoms with E-state index in [2.05, 4.69) is 54.9 Å². The van der Waals surface area contributed by atoms with Gasteiger partial charge in [0.05, 0.1) is 17.4 Å². The normalized spacial score (nSPS) is 11.1. The molecule has 2 aromatic heterocycles. The molecule has 0 fully saturated rings. The Bertz CT molecular complexity index is 1130. The van der Waals surface area contributed by atoms with E-state index in [0.717, 1.165) is 40.7 Å². The molecular weight excluding hydrogens is 344 g/mol. The zero-order valence-corrected chi connectivity index (χ0v) is 16.6. The Labute approximate surface area is 165 Å². The van der Waals surface area contributed by atoms with Gasteiger partial charge >= 0.3 is 0 Å². The maximum Gasteiger partial charge on any atom is 0.159 e. The number of carbonyl (C=O) groups is 1. The van der Waals surface area contributed by atoms with Crippen molar-refractivity contribution in [1.29, 1.82) is 0 Å². The van der Waals surface area contributed by atoms with Gasteiger partial charge in [-0.3, -0.25) is 9.78 Å². The third-order valence-electron chi connectivity index (χ3n) is 5.38. The van der Waals surface area contributed by atoms with E-state index >= 15 is 0 Å². The standard InChI is InChI=1S/C25H24N2O/c1-4-18-7-6-8-19(5-2)25(18)23-15-21-13-14-27(24(21)16-26-23)22-11-9-20(10-12-22)17(3)28/h6-16H,4-5H2,1-3H3. The third-order valence-corrected chi connectivity index (χ3v) is 5.38. The number of Topliss-reactive ketones (excluding diaryl/α,β-unsaturated/α-hetero) is 1. The summed E-state index contributed by atoms with van der Waals surface area (Å²) in [6.07, 6.45) is 6.00. The van der Waals surface area contributed by atoms with Crippen LogP contribution in [-0.4, -0.2) is 15.3 Å². The number of carbonyl (C=O) groups excluding carboxylic acids is 1. The molecule has 0 N–H and O–H groups in total. The number of hydrogen-bond acceptors (Lipinski definition) is 2. The Hall–Kier alpha value is -3.20. The summed E-state index contributed by atoms with van der Waals surface area (Å²) in [5.41, 5.74) is 7.79. The molecule has 0 aliphatic heterocycles. The van der Waals surface area contributed by atoms with E-state index in [1.54, 1.807) is 6.92 Å². The van der Waals surface area contributed by atoms with Crippen LogP contribution in [-0.2, 0) is 12.8 Å². The molecule has 0 radical (unpaired) electrons. The highest BCUT2D eigenvalue weighted by Crippen LogP contribution is 2.30. The average Bonchev–Trinajstić information content (AvgIpc) is 3.16. The highest BCUT2D eigenvalue weighted by Gasteiger charge is 2.12. The van der Waals surface area contributed by atoms with Crippen molar-refractivity contribution < 1.29 is 4.79 Å². The lowest BCUT2D eigenvalue weighted by Gasteiger charge is -2.13. The van der Waals surface area contributed by atoms with Gasteiger partial charge in [0.25, 0.3) is 0 Å². The Morgan fingerprint density at radius 1 is 0.964 bits per heavy atom. The van der Waals surface area contributed by atoms with E-state index in [1.165, 1.54) is 16.7 Å². The molecule has 3 heteroatoms. The van der Waals surface area contributed by atoms with Crippen molar-refractivity contribution in [2.24, 2.45) is 0 Å². The molecule has 0 aliphatic carbocycles. The van der Waals surface area contributed by atoms with E-state index in [0.29, 0.717) is 0 Å². The van der Waals surface area contributed by atoms with Crippen LogP contribution in [0, 0.1) is 0 Å². The van der Waals surface area contributed by atoms with Crippen LogP contribution in [0.25, 0.3) is 27.8 Å². The van der Waals surface area contributed by atoms with Crippen LogP contribution in [0.15, 0.2) is 67.0 Å². The van der Waals surface area contributed by atoms with Gasteiger partial charge in [-0.15, -0.1) is 0 Å². The van der Waals surface area contributed by atoms with Crippen molar-refractivity contribution in [2.45, 2.75) is 33.6 Å². The minimum absolute atomic E-state index is 0.0801. The zero-order valence-electron chi connectivity index (χ0n) is 16.6. The lowest BCUT2D eigenvalue weighted by atomic mass is 9.94. The summed E-state index contributed by atoms with van der Waals surface area (Å²) in [6, 6.07) is 18.5. The van der Waals surface area contributed by atoms with Crippen molar-refractivity contribution in [1.82, 2.24) is 9.55 Å². The summed E-state index contributed by atoms with van der Waals surface area (Å²) in [5.74, 6) is 0.0801. The van der Waals surface area contributed by atoms with Crippen LogP contribution in [0.3, 0.4) is 0 Å². The second-order valence-electron chi connectivity index (χ2n) is 7.08. The molecule has 2 heterocycles. The van der Waals surface area contributed by atoms with Crippen LogP contribution in [0.2, 0.25) is 0 Å². The topological polar surface area (TPSA) is 34.9 Å². The second kappa shape index (κ2) is 7.43. The minimum atomic E-state index is 0.0801. The number of nitrogens with zero attached hydrogens (tertiary/aromatic N) is 2. The van der Waals surface area contributed by atoms with Crippen LogP contribution in [0.1, 0.15) is 42.3 Å². The molecule has 0 atom stereocenters. The molecule has 0 unspecified atom stereocenters. The van der Waals surface area contributed by atoms with Gasteiger partial charge in [0.1, 0.15) is 0 Å². The molecular formula is C25H24N2O. The summed E-state index contributed by atoms with van der Waals surface area (Å²) in [7, 11) is 0. The van der Waals surface area contributed by atoms with Crippen LogP contribution >= 0.6 is 0 Å². The first-order valence-electron chi connectivity index (χ1n) is 9.82. The van der Waals surface area contributed by atoms with Gasteiger partial charge in [-0.25, -0.2) is 0 Å². The van der Waals surface area contributed by atoms with E-state index < -0.39 is 0 Å². The molecule has 0 amide bonds. The van der Waals surface area contributed by atoms with Crippen molar-refractivity contribution >= 4 is 16.7 Å². The molecule has 4 aromatic rings. The van der Waals surface area contributed by atoms with Gasteiger partial charge in [0.15, 0.2) is 5.78 Å². The highest BCUT2D eigenvalue weighted by atomic mass is 16.1. The molecule has 0 saturated heterocycles. The Balaban J connectivity index is 1.80. The average molecular weight is 368 g/mol. The number of fused-ring (bicyclic) bond motifs is 1. The summed E-state index contributed by atoms with van der Waals surface area (Å²) in [4.78, 5) is 16.3. The first-order valence-corrected chi connectivity index (χ1v) is 9.82. The van der Waals surface area contributed by atoms with E-state index in [9.17, 15) is 4.79 Å². The molecule has 0 spiro atoms. The molecule has 4 rings (SSSR count). The quantitative estimate of drug-likeness (QED) is 0.404. The summed E-state index contributed by atoms with van der Waals surface area (Å²) < 4.78 is 2.11. The van der Waals surface area contributed by atoms with Gasteiger partial charge in [-0.2, -0.15) is 0 Å². The Kier molecular flexibility index (Phi) is 4.82. The molecule has 2 aromatic carbocycles. The fraction of sp³-hybridized carbons (Fsp3) is 0.200. The molecule has 0 bridgehead atoms. The third kappa shape index (κ3) is 3.13. The Morgan fingerprint density at radius 2 is 1.64 bits per heavy atom. The maximum atomic E-state index is 11.5. The van der Waals surface area contributed by atoms with Crippen molar-refractivity contribution in [3.8, 4) is 16.9 Å². The second-order valence-corrected chi connectivity index (χ2v) is 7.08. The SMILES string of the molecule is CCc1cccc(CC)c1-c1cc2ccn(-c3ccc(C(C)=O)cc3)c2cn1. The zero-order chi connectivity index (χ0) is 19.7.